The molecule has 1 aliphatic carbocycles. The molecule has 1 aliphatic rings. The highest BCUT2D eigenvalue weighted by Gasteiger charge is 2.47. The summed E-state index contributed by atoms with van der Waals surface area (Å²) < 4.78 is 0. The lowest BCUT2D eigenvalue weighted by Crippen LogP contribution is -2.28. The van der Waals surface area contributed by atoms with Gasteiger partial charge in [0.25, 0.3) is 0 Å². The van der Waals surface area contributed by atoms with Crippen molar-refractivity contribution < 1.29 is 0 Å². The summed E-state index contributed by atoms with van der Waals surface area (Å²) in [5.41, 5.74) is 22.0. The van der Waals surface area contributed by atoms with Crippen LogP contribution >= 0.6 is 0 Å². The van der Waals surface area contributed by atoms with E-state index in [1.165, 1.54) is 77.2 Å². The molecular formula is C75H51N. The molecule has 0 aromatic heterocycles. The third-order valence-corrected chi connectivity index (χ3v) is 15.7. The fourth-order valence-electron chi connectivity index (χ4n) is 12.5. The minimum atomic E-state index is -0.568. The van der Waals surface area contributed by atoms with Gasteiger partial charge in [0.1, 0.15) is 0 Å². The maximum absolute atomic E-state index is 2.56. The average Bonchev–Trinajstić information content (AvgIpc) is 4.03. The molecular weight excluding hydrogens is 915 g/mol. The second kappa shape index (κ2) is 18.9. The highest BCUT2D eigenvalue weighted by atomic mass is 15.2. The second-order valence-electron chi connectivity index (χ2n) is 19.8. The van der Waals surface area contributed by atoms with Crippen molar-refractivity contribution in [3.05, 3.63) is 332 Å². The van der Waals surface area contributed by atoms with Crippen LogP contribution in [0.5, 0.6) is 0 Å². The molecule has 0 spiro atoms. The smallest absolute Gasteiger partial charge is 0.0714 e. The van der Waals surface area contributed by atoms with E-state index >= 15 is 0 Å². The van der Waals surface area contributed by atoms with E-state index in [1.54, 1.807) is 0 Å². The van der Waals surface area contributed by atoms with Gasteiger partial charge in [-0.1, -0.05) is 285 Å². The lowest BCUT2D eigenvalue weighted by atomic mass is 9.68. The van der Waals surface area contributed by atoms with Gasteiger partial charge in [0.15, 0.2) is 0 Å². The topological polar surface area (TPSA) is 3.24 Å². The van der Waals surface area contributed by atoms with Gasteiger partial charge in [-0.2, -0.15) is 0 Å². The van der Waals surface area contributed by atoms with E-state index in [0.717, 1.165) is 50.4 Å². The Morgan fingerprint density at radius 1 is 0.237 bits per heavy atom. The summed E-state index contributed by atoms with van der Waals surface area (Å²) in [4.78, 5) is 2.56. The normalized spacial score (nSPS) is 12.3. The number of fused-ring (bicyclic) bond motifs is 6. The Bertz CT molecular complexity index is 4130. The van der Waals surface area contributed by atoms with Gasteiger partial charge in [-0.25, -0.2) is 0 Å². The van der Waals surface area contributed by atoms with Crippen molar-refractivity contribution >= 4 is 38.6 Å². The Kier molecular flexibility index (Phi) is 11.2. The molecule has 0 bridgehead atoms. The van der Waals surface area contributed by atoms with Gasteiger partial charge in [0.2, 0.25) is 0 Å². The van der Waals surface area contributed by atoms with E-state index in [2.05, 4.69) is 314 Å². The lowest BCUT2D eigenvalue weighted by molar-refractivity contribution is 0.768. The van der Waals surface area contributed by atoms with Gasteiger partial charge in [-0.3, -0.25) is 0 Å². The first-order chi connectivity index (χ1) is 37.8. The zero-order chi connectivity index (χ0) is 50.4. The van der Waals surface area contributed by atoms with Gasteiger partial charge in [0, 0.05) is 22.4 Å². The van der Waals surface area contributed by atoms with E-state index in [9.17, 15) is 0 Å². The Labute approximate surface area is 444 Å². The van der Waals surface area contributed by atoms with E-state index in [1.807, 2.05) is 0 Å². The van der Waals surface area contributed by atoms with Crippen molar-refractivity contribution in [3.8, 4) is 66.8 Å². The molecule has 0 atom stereocenters. The van der Waals surface area contributed by atoms with Crippen LogP contribution in [0.1, 0.15) is 22.3 Å². The standard InChI is InChI=1S/C75H51N/c1-7-25-53(26-8-1)61-40-23-41-62(54-27-9-2-10-28-54)74(61)76(70-44-24-43-69-73(70)66-39-21-22-42-68(66)75(69,58-33-15-5-16-34-58)59-35-17-6-18-36-59)60-48-45-52(46-49-60)57-47-50-64-63-37-19-20-38-65(63)71(55-29-11-3-12-30-55)72(67(64)51-57)56-31-13-4-14-32-56/h1-51H. The third kappa shape index (κ3) is 7.31. The largest absolute Gasteiger partial charge is 0.309 e. The first kappa shape index (κ1) is 44.8. The van der Waals surface area contributed by atoms with Crippen molar-refractivity contribution in [2.24, 2.45) is 0 Å². The van der Waals surface area contributed by atoms with Gasteiger partial charge < -0.3 is 4.90 Å². The zero-order valence-corrected chi connectivity index (χ0v) is 41.9. The highest BCUT2D eigenvalue weighted by molar-refractivity contribution is 6.22. The van der Waals surface area contributed by atoms with Crippen LogP contribution < -0.4 is 4.90 Å². The summed E-state index contributed by atoms with van der Waals surface area (Å²) in [6.45, 7) is 0. The molecule has 356 valence electrons. The van der Waals surface area contributed by atoms with Crippen LogP contribution in [0.3, 0.4) is 0 Å². The summed E-state index contributed by atoms with van der Waals surface area (Å²) in [6.07, 6.45) is 0. The van der Waals surface area contributed by atoms with Gasteiger partial charge in [-0.15, -0.1) is 0 Å². The molecule has 0 aliphatic heterocycles. The quantitative estimate of drug-likeness (QED) is 0.123. The van der Waals surface area contributed by atoms with Crippen molar-refractivity contribution in [2.75, 3.05) is 4.90 Å². The molecule has 0 fully saturated rings. The van der Waals surface area contributed by atoms with Crippen molar-refractivity contribution in [2.45, 2.75) is 5.41 Å². The minimum Gasteiger partial charge on any atom is -0.309 e. The number of benzene rings is 13. The molecule has 13 aromatic rings. The molecule has 76 heavy (non-hydrogen) atoms. The number of para-hydroxylation sites is 1. The molecule has 0 unspecified atom stereocenters. The number of hydrogen-bond donors (Lipinski definition) is 0. The van der Waals surface area contributed by atoms with Crippen molar-refractivity contribution in [3.63, 3.8) is 0 Å². The fraction of sp³-hybridized carbons (Fsp3) is 0.0133. The maximum atomic E-state index is 2.56. The molecule has 0 radical (unpaired) electrons. The Morgan fingerprint density at radius 3 is 1.24 bits per heavy atom. The molecule has 1 heteroatoms. The third-order valence-electron chi connectivity index (χ3n) is 15.7. The Balaban J connectivity index is 1.03. The van der Waals surface area contributed by atoms with Crippen LogP contribution in [0, 0.1) is 0 Å². The SMILES string of the molecule is c1ccc(-c2cccc(-c3ccccc3)c2N(c2ccc(-c3ccc4c(c3)c(-c3ccccc3)c(-c3ccccc3)c3ccccc34)cc2)c2cccc3c2-c2ccccc2C3(c2ccccc2)c2ccccc2)cc1. The number of rotatable bonds is 10. The van der Waals surface area contributed by atoms with Crippen LogP contribution in [-0.4, -0.2) is 0 Å². The average molecular weight is 966 g/mol. The van der Waals surface area contributed by atoms with E-state index in [4.69, 9.17) is 0 Å². The number of anilines is 3. The molecule has 1 nitrogen and oxygen atoms in total. The first-order valence-corrected chi connectivity index (χ1v) is 26.3. The van der Waals surface area contributed by atoms with Crippen LogP contribution in [0.25, 0.3) is 88.3 Å². The molecule has 14 rings (SSSR count). The predicted octanol–water partition coefficient (Wildman–Crippen LogP) is 20.2. The molecule has 0 heterocycles. The van der Waals surface area contributed by atoms with Crippen molar-refractivity contribution in [1.82, 2.24) is 0 Å². The molecule has 13 aromatic carbocycles. The fourth-order valence-corrected chi connectivity index (χ4v) is 12.5. The van der Waals surface area contributed by atoms with Crippen LogP contribution in [0.4, 0.5) is 17.1 Å². The lowest BCUT2D eigenvalue weighted by Gasteiger charge is -2.35. The minimum absolute atomic E-state index is 0.568. The highest BCUT2D eigenvalue weighted by Crippen LogP contribution is 2.60. The second-order valence-corrected chi connectivity index (χ2v) is 19.8. The van der Waals surface area contributed by atoms with Gasteiger partial charge in [-0.05, 0) is 118 Å². The number of hydrogen-bond acceptors (Lipinski definition) is 1. The van der Waals surface area contributed by atoms with Gasteiger partial charge in [0.05, 0.1) is 16.8 Å². The predicted molar refractivity (Wildman–Crippen MR) is 321 cm³/mol. The van der Waals surface area contributed by atoms with E-state index < -0.39 is 5.41 Å². The summed E-state index contributed by atoms with van der Waals surface area (Å²) in [7, 11) is 0. The molecule has 0 saturated carbocycles. The Hall–Kier alpha value is -9.82. The van der Waals surface area contributed by atoms with E-state index in [-0.39, 0.29) is 0 Å². The maximum Gasteiger partial charge on any atom is 0.0714 e. The zero-order valence-electron chi connectivity index (χ0n) is 41.9. The van der Waals surface area contributed by atoms with Crippen LogP contribution in [0.2, 0.25) is 0 Å². The van der Waals surface area contributed by atoms with Crippen LogP contribution in [-0.2, 0) is 5.41 Å². The van der Waals surface area contributed by atoms with Crippen molar-refractivity contribution in [1.29, 1.82) is 0 Å². The summed E-state index contributed by atoms with van der Waals surface area (Å²) in [5.74, 6) is 0. The first-order valence-electron chi connectivity index (χ1n) is 26.3. The molecule has 0 amide bonds. The van der Waals surface area contributed by atoms with Gasteiger partial charge >= 0.3 is 0 Å². The summed E-state index contributed by atoms with van der Waals surface area (Å²) in [6, 6.07) is 114. The summed E-state index contributed by atoms with van der Waals surface area (Å²) >= 11 is 0. The summed E-state index contributed by atoms with van der Waals surface area (Å²) in [5, 5.41) is 4.98. The Morgan fingerprint density at radius 2 is 0.658 bits per heavy atom. The van der Waals surface area contributed by atoms with Crippen LogP contribution in [0.15, 0.2) is 309 Å². The monoisotopic (exact) mass is 965 g/mol. The molecule has 0 N–H and O–H groups in total. The van der Waals surface area contributed by atoms with E-state index in [0.29, 0.717) is 0 Å². The molecule has 0 saturated heterocycles. The number of nitrogens with zero attached hydrogens (tertiary/aromatic N) is 1.